The van der Waals surface area contributed by atoms with Crippen LogP contribution in [0.4, 0.5) is 0 Å². The fourth-order valence-electron chi connectivity index (χ4n) is 2.95. The molecule has 2 heterocycles. The molecular weight excluding hydrogens is 252 g/mol. The first-order chi connectivity index (χ1) is 9.62. The molecule has 0 radical (unpaired) electrons. The van der Waals surface area contributed by atoms with Crippen molar-refractivity contribution >= 4 is 5.91 Å². The maximum atomic E-state index is 12.8. The molecule has 0 N–H and O–H groups in total. The van der Waals surface area contributed by atoms with Crippen LogP contribution in [-0.4, -0.2) is 58.2 Å². The first kappa shape index (κ1) is 15.0. The van der Waals surface area contributed by atoms with Crippen LogP contribution >= 0.6 is 0 Å². The number of nitrogens with zero attached hydrogens (tertiary/aromatic N) is 4. The van der Waals surface area contributed by atoms with Crippen LogP contribution < -0.4 is 0 Å². The lowest BCUT2D eigenvalue weighted by molar-refractivity contribution is 0.0641. The molecule has 0 bridgehead atoms. The molecule has 1 aromatic heterocycles. The molecule has 1 fully saturated rings. The van der Waals surface area contributed by atoms with Crippen LogP contribution in [0.5, 0.6) is 0 Å². The van der Waals surface area contributed by atoms with Crippen molar-refractivity contribution in [1.29, 1.82) is 0 Å². The highest BCUT2D eigenvalue weighted by Crippen LogP contribution is 2.18. The number of hydrogen-bond acceptors (Lipinski definition) is 3. The van der Waals surface area contributed by atoms with Crippen LogP contribution in [-0.2, 0) is 19.9 Å². The van der Waals surface area contributed by atoms with Gasteiger partial charge in [-0.3, -0.25) is 9.48 Å². The molecule has 0 atom stereocenters. The van der Waals surface area contributed by atoms with E-state index < -0.39 is 0 Å². The monoisotopic (exact) mass is 278 g/mol. The fraction of sp³-hybridized carbons (Fsp3) is 0.733. The third-order valence-corrected chi connectivity index (χ3v) is 4.23. The molecule has 0 saturated carbocycles. The second-order valence-corrected chi connectivity index (χ2v) is 5.33. The Bertz CT molecular complexity index is 472. The third kappa shape index (κ3) is 2.73. The van der Waals surface area contributed by atoms with Crippen molar-refractivity contribution in [2.24, 2.45) is 7.05 Å². The molecule has 1 aromatic rings. The Kier molecular flexibility index (Phi) is 4.81. The first-order valence-corrected chi connectivity index (χ1v) is 7.68. The molecule has 5 heteroatoms. The second-order valence-electron chi connectivity index (χ2n) is 5.33. The van der Waals surface area contributed by atoms with Crippen molar-refractivity contribution in [2.45, 2.75) is 33.6 Å². The number of piperazine rings is 1. The Morgan fingerprint density at radius 1 is 1.10 bits per heavy atom. The Balaban J connectivity index is 2.21. The van der Waals surface area contributed by atoms with Crippen molar-refractivity contribution in [1.82, 2.24) is 19.6 Å². The van der Waals surface area contributed by atoms with Gasteiger partial charge in [0.15, 0.2) is 0 Å². The maximum Gasteiger partial charge on any atom is 0.257 e. The van der Waals surface area contributed by atoms with E-state index in [0.29, 0.717) is 0 Å². The van der Waals surface area contributed by atoms with Crippen LogP contribution in [0.1, 0.15) is 42.5 Å². The highest BCUT2D eigenvalue weighted by Gasteiger charge is 2.27. The van der Waals surface area contributed by atoms with Gasteiger partial charge in [-0.15, -0.1) is 0 Å². The van der Waals surface area contributed by atoms with Crippen LogP contribution in [0, 0.1) is 0 Å². The second kappa shape index (κ2) is 6.39. The summed E-state index contributed by atoms with van der Waals surface area (Å²) in [6.07, 6.45) is 1.66. The Morgan fingerprint density at radius 3 is 2.25 bits per heavy atom. The van der Waals surface area contributed by atoms with Gasteiger partial charge in [-0.25, -0.2) is 0 Å². The van der Waals surface area contributed by atoms with E-state index >= 15 is 0 Å². The van der Waals surface area contributed by atoms with E-state index in [2.05, 4.69) is 30.8 Å². The lowest BCUT2D eigenvalue weighted by Crippen LogP contribution is -2.48. The lowest BCUT2D eigenvalue weighted by Gasteiger charge is -2.34. The summed E-state index contributed by atoms with van der Waals surface area (Å²) in [5.74, 6) is 0.169. The molecule has 1 amide bonds. The lowest BCUT2D eigenvalue weighted by atomic mass is 10.1. The van der Waals surface area contributed by atoms with E-state index in [9.17, 15) is 4.79 Å². The quantitative estimate of drug-likeness (QED) is 0.834. The Morgan fingerprint density at radius 2 is 1.75 bits per heavy atom. The molecule has 0 aliphatic carbocycles. The summed E-state index contributed by atoms with van der Waals surface area (Å²) in [5, 5.41) is 4.51. The van der Waals surface area contributed by atoms with Gasteiger partial charge < -0.3 is 9.80 Å². The Labute approximate surface area is 121 Å². The van der Waals surface area contributed by atoms with Gasteiger partial charge in [0.05, 0.1) is 17.0 Å². The minimum Gasteiger partial charge on any atom is -0.336 e. The zero-order chi connectivity index (χ0) is 14.7. The normalized spacial score (nSPS) is 16.7. The highest BCUT2D eigenvalue weighted by molar-refractivity contribution is 5.96. The van der Waals surface area contributed by atoms with E-state index in [-0.39, 0.29) is 5.91 Å². The first-order valence-electron chi connectivity index (χ1n) is 7.68. The van der Waals surface area contributed by atoms with Crippen LogP contribution in [0.2, 0.25) is 0 Å². The molecule has 112 valence electrons. The molecule has 5 nitrogen and oxygen atoms in total. The number of hydrogen-bond donors (Lipinski definition) is 0. The van der Waals surface area contributed by atoms with Crippen molar-refractivity contribution in [3.8, 4) is 0 Å². The summed E-state index contributed by atoms with van der Waals surface area (Å²) in [5.41, 5.74) is 2.85. The minimum atomic E-state index is 0.169. The number of aromatic nitrogens is 2. The summed E-state index contributed by atoms with van der Waals surface area (Å²) >= 11 is 0. The van der Waals surface area contributed by atoms with Crippen LogP contribution in [0.3, 0.4) is 0 Å². The number of amides is 1. The molecule has 1 aliphatic rings. The maximum absolute atomic E-state index is 12.8. The molecule has 0 aromatic carbocycles. The Hall–Kier alpha value is -1.36. The van der Waals surface area contributed by atoms with E-state index in [1.165, 1.54) is 0 Å². The number of rotatable bonds is 4. The van der Waals surface area contributed by atoms with Gasteiger partial charge in [0.1, 0.15) is 0 Å². The van der Waals surface area contributed by atoms with Crippen LogP contribution in [0.15, 0.2) is 0 Å². The predicted octanol–water partition coefficient (Wildman–Crippen LogP) is 1.32. The van der Waals surface area contributed by atoms with Crippen molar-refractivity contribution in [2.75, 3.05) is 32.7 Å². The highest BCUT2D eigenvalue weighted by atomic mass is 16.2. The standard InChI is InChI=1S/C15H26N4O/c1-5-12-14(13(6-2)17(4)16-12)15(20)19-10-8-18(7-3)9-11-19/h5-11H2,1-4H3. The van der Waals surface area contributed by atoms with Crippen molar-refractivity contribution in [3.05, 3.63) is 17.0 Å². The molecular formula is C15H26N4O. The van der Waals surface area contributed by atoms with E-state index in [1.807, 2.05) is 16.6 Å². The van der Waals surface area contributed by atoms with Gasteiger partial charge in [0.2, 0.25) is 0 Å². The van der Waals surface area contributed by atoms with Crippen LogP contribution in [0.25, 0.3) is 0 Å². The van der Waals surface area contributed by atoms with Gasteiger partial charge in [0, 0.05) is 33.2 Å². The smallest absolute Gasteiger partial charge is 0.257 e. The molecule has 1 saturated heterocycles. The largest absolute Gasteiger partial charge is 0.336 e. The number of likely N-dealkylation sites (N-methyl/N-ethyl adjacent to an activating group) is 1. The fourth-order valence-corrected chi connectivity index (χ4v) is 2.95. The minimum absolute atomic E-state index is 0.169. The van der Waals surface area contributed by atoms with E-state index in [0.717, 1.165) is 62.5 Å². The summed E-state index contributed by atoms with van der Waals surface area (Å²) in [4.78, 5) is 17.2. The molecule has 0 spiro atoms. The van der Waals surface area contributed by atoms with Crippen molar-refractivity contribution < 1.29 is 4.79 Å². The summed E-state index contributed by atoms with van der Waals surface area (Å²) in [6.45, 7) is 11.0. The third-order valence-electron chi connectivity index (χ3n) is 4.23. The average Bonchev–Trinajstić information content (AvgIpc) is 2.82. The number of aryl methyl sites for hydroxylation is 2. The van der Waals surface area contributed by atoms with Gasteiger partial charge in [-0.1, -0.05) is 20.8 Å². The number of carbonyl (C=O) groups excluding carboxylic acids is 1. The zero-order valence-electron chi connectivity index (χ0n) is 13.1. The molecule has 0 unspecified atom stereocenters. The zero-order valence-corrected chi connectivity index (χ0v) is 13.1. The van der Waals surface area contributed by atoms with E-state index in [1.54, 1.807) is 0 Å². The summed E-state index contributed by atoms with van der Waals surface area (Å²) in [7, 11) is 1.93. The van der Waals surface area contributed by atoms with Gasteiger partial charge >= 0.3 is 0 Å². The SMILES string of the molecule is CCc1nn(C)c(CC)c1C(=O)N1CCN(CC)CC1. The van der Waals surface area contributed by atoms with E-state index in [4.69, 9.17) is 0 Å². The molecule has 2 rings (SSSR count). The van der Waals surface area contributed by atoms with Gasteiger partial charge in [-0.2, -0.15) is 5.10 Å². The number of carbonyl (C=O) groups is 1. The van der Waals surface area contributed by atoms with Crippen molar-refractivity contribution in [3.63, 3.8) is 0 Å². The molecule has 1 aliphatic heterocycles. The predicted molar refractivity (Wildman–Crippen MR) is 80.0 cm³/mol. The van der Waals surface area contributed by atoms with Gasteiger partial charge in [0.25, 0.3) is 5.91 Å². The summed E-state index contributed by atoms with van der Waals surface area (Å²) < 4.78 is 1.87. The summed E-state index contributed by atoms with van der Waals surface area (Å²) in [6, 6.07) is 0. The topological polar surface area (TPSA) is 41.4 Å². The molecule has 20 heavy (non-hydrogen) atoms. The van der Waals surface area contributed by atoms with Gasteiger partial charge in [-0.05, 0) is 19.4 Å². The average molecular weight is 278 g/mol.